The van der Waals surface area contributed by atoms with Gasteiger partial charge < -0.3 is 15.3 Å². The number of carbonyl (C=O) groups excluding carboxylic acids is 1. The molecular formula is C19H25F3N2O3. The van der Waals surface area contributed by atoms with Crippen molar-refractivity contribution in [3.8, 4) is 0 Å². The van der Waals surface area contributed by atoms with E-state index < -0.39 is 43.1 Å². The lowest BCUT2D eigenvalue weighted by atomic mass is 9.76. The second-order valence-corrected chi connectivity index (χ2v) is 7.01. The van der Waals surface area contributed by atoms with E-state index in [1.807, 2.05) is 44.2 Å². The number of carbonyl (C=O) groups is 2. The van der Waals surface area contributed by atoms with Crippen LogP contribution in [0.15, 0.2) is 30.3 Å². The van der Waals surface area contributed by atoms with Gasteiger partial charge in [0.2, 0.25) is 0 Å². The van der Waals surface area contributed by atoms with Crippen molar-refractivity contribution < 1.29 is 27.9 Å². The number of rotatable bonds is 6. The van der Waals surface area contributed by atoms with Gasteiger partial charge in [-0.3, -0.25) is 4.79 Å². The fourth-order valence-corrected chi connectivity index (χ4v) is 3.71. The van der Waals surface area contributed by atoms with Crippen LogP contribution < -0.4 is 5.32 Å². The maximum absolute atomic E-state index is 13.1. The van der Waals surface area contributed by atoms with Crippen LogP contribution in [0.2, 0.25) is 0 Å². The van der Waals surface area contributed by atoms with Gasteiger partial charge in [0.05, 0.1) is 11.8 Å². The van der Waals surface area contributed by atoms with Gasteiger partial charge in [0.1, 0.15) is 0 Å². The first-order valence-corrected chi connectivity index (χ1v) is 9.02. The van der Waals surface area contributed by atoms with E-state index in [4.69, 9.17) is 5.11 Å². The molecule has 150 valence electrons. The Balaban J connectivity index is 2.09. The molecule has 1 aromatic carbocycles. The Morgan fingerprint density at radius 1 is 1.15 bits per heavy atom. The smallest absolute Gasteiger partial charge is 0.394 e. The van der Waals surface area contributed by atoms with Gasteiger partial charge in [-0.15, -0.1) is 0 Å². The van der Waals surface area contributed by atoms with Gasteiger partial charge in [0.25, 0.3) is 0 Å². The van der Waals surface area contributed by atoms with Gasteiger partial charge in [-0.05, 0) is 18.4 Å². The number of amides is 2. The van der Waals surface area contributed by atoms with E-state index >= 15 is 0 Å². The van der Waals surface area contributed by atoms with Crippen LogP contribution in [0.3, 0.4) is 0 Å². The van der Waals surface area contributed by atoms with Crippen LogP contribution in [-0.2, 0) is 10.2 Å². The minimum atomic E-state index is -4.65. The van der Waals surface area contributed by atoms with E-state index in [9.17, 15) is 22.8 Å². The number of benzene rings is 1. The number of carboxylic acid groups (broad SMARTS) is 1. The first-order chi connectivity index (χ1) is 12.6. The molecule has 2 atom stereocenters. The molecule has 1 aliphatic rings. The van der Waals surface area contributed by atoms with Gasteiger partial charge in [-0.25, -0.2) is 4.79 Å². The fourth-order valence-electron chi connectivity index (χ4n) is 3.71. The van der Waals surface area contributed by atoms with Crippen molar-refractivity contribution in [1.82, 2.24) is 10.2 Å². The van der Waals surface area contributed by atoms with Crippen molar-refractivity contribution in [3.63, 3.8) is 0 Å². The molecule has 2 rings (SSSR count). The number of halogens is 3. The van der Waals surface area contributed by atoms with Gasteiger partial charge >= 0.3 is 18.2 Å². The summed E-state index contributed by atoms with van der Waals surface area (Å²) in [6.45, 7) is 3.19. The molecule has 1 aliphatic heterocycles. The average Bonchev–Trinajstić information content (AvgIpc) is 3.10. The molecule has 0 bridgehead atoms. The Labute approximate surface area is 156 Å². The van der Waals surface area contributed by atoms with Crippen molar-refractivity contribution in [2.45, 2.75) is 38.3 Å². The molecule has 8 heteroatoms. The van der Waals surface area contributed by atoms with Crippen LogP contribution >= 0.6 is 0 Å². The molecule has 0 aliphatic carbocycles. The molecule has 1 saturated heterocycles. The summed E-state index contributed by atoms with van der Waals surface area (Å²) >= 11 is 0. The number of urea groups is 1. The predicted octanol–water partition coefficient (Wildman–Crippen LogP) is 3.65. The second kappa shape index (κ2) is 8.19. The van der Waals surface area contributed by atoms with E-state index in [0.717, 1.165) is 23.3 Å². The summed E-state index contributed by atoms with van der Waals surface area (Å²) in [6.07, 6.45) is -3.16. The summed E-state index contributed by atoms with van der Waals surface area (Å²) in [6, 6.07) is 8.98. The third-order valence-corrected chi connectivity index (χ3v) is 5.66. The van der Waals surface area contributed by atoms with Crippen molar-refractivity contribution >= 4 is 12.0 Å². The molecule has 0 radical (unpaired) electrons. The van der Waals surface area contributed by atoms with E-state index in [1.54, 1.807) is 0 Å². The predicted molar refractivity (Wildman–Crippen MR) is 94.3 cm³/mol. The maximum atomic E-state index is 13.1. The van der Waals surface area contributed by atoms with Crippen molar-refractivity contribution in [1.29, 1.82) is 0 Å². The monoisotopic (exact) mass is 386 g/mol. The zero-order valence-electron chi connectivity index (χ0n) is 15.4. The van der Waals surface area contributed by atoms with Crippen molar-refractivity contribution in [3.05, 3.63) is 35.9 Å². The highest BCUT2D eigenvalue weighted by molar-refractivity contribution is 5.78. The van der Waals surface area contributed by atoms with Crippen LogP contribution in [-0.4, -0.2) is 47.8 Å². The minimum absolute atomic E-state index is 0.272. The normalized spacial score (nSPS) is 20.6. The Morgan fingerprint density at radius 2 is 1.74 bits per heavy atom. The quantitative estimate of drug-likeness (QED) is 0.784. The summed E-state index contributed by atoms with van der Waals surface area (Å²) < 4.78 is 39.3. The molecular weight excluding hydrogens is 361 g/mol. The van der Waals surface area contributed by atoms with Crippen LogP contribution in [0.1, 0.15) is 32.3 Å². The summed E-state index contributed by atoms with van der Waals surface area (Å²) in [5, 5.41) is 11.8. The topological polar surface area (TPSA) is 69.6 Å². The molecule has 0 unspecified atom stereocenters. The number of hydrogen-bond acceptors (Lipinski definition) is 2. The maximum Gasteiger partial charge on any atom is 0.394 e. The van der Waals surface area contributed by atoms with Crippen LogP contribution in [0.5, 0.6) is 0 Å². The zero-order chi connectivity index (χ0) is 20.2. The lowest BCUT2D eigenvalue weighted by Gasteiger charge is -2.33. The summed E-state index contributed by atoms with van der Waals surface area (Å²) in [5.74, 6) is -5.21. The standard InChI is InChI=1S/C19H25F3N2O3/c1-3-18(4-2,13-8-6-5-7-9-13)12-23-17(27)24-10-14(16(25)26)15(11-24)19(20,21)22/h5-9,14-15H,3-4,10-12H2,1-2H3,(H,23,27)(H,25,26)/t14-,15-/m1/s1. The van der Waals surface area contributed by atoms with Crippen molar-refractivity contribution in [2.75, 3.05) is 19.6 Å². The molecule has 27 heavy (non-hydrogen) atoms. The first kappa shape index (κ1) is 21.1. The number of alkyl halides is 3. The van der Waals surface area contributed by atoms with Crippen LogP contribution in [0.4, 0.5) is 18.0 Å². The third kappa shape index (κ3) is 4.54. The molecule has 2 N–H and O–H groups in total. The number of carboxylic acids is 1. The molecule has 0 aromatic heterocycles. The molecule has 2 amide bonds. The van der Waals surface area contributed by atoms with Gasteiger partial charge in [0, 0.05) is 25.0 Å². The van der Waals surface area contributed by atoms with Crippen molar-refractivity contribution in [2.24, 2.45) is 11.8 Å². The highest BCUT2D eigenvalue weighted by Gasteiger charge is 2.53. The second-order valence-electron chi connectivity index (χ2n) is 7.01. The third-order valence-electron chi connectivity index (χ3n) is 5.66. The molecule has 5 nitrogen and oxygen atoms in total. The lowest BCUT2D eigenvalue weighted by Crippen LogP contribution is -2.46. The Hall–Kier alpha value is -2.25. The molecule has 1 heterocycles. The van der Waals surface area contributed by atoms with E-state index in [-0.39, 0.29) is 12.0 Å². The lowest BCUT2D eigenvalue weighted by molar-refractivity contribution is -0.187. The Kier molecular flexibility index (Phi) is 6.38. The number of nitrogens with zero attached hydrogens (tertiary/aromatic N) is 1. The number of likely N-dealkylation sites (tertiary alicyclic amines) is 1. The molecule has 0 saturated carbocycles. The minimum Gasteiger partial charge on any atom is -0.481 e. The Bertz CT molecular complexity index is 660. The molecule has 1 aromatic rings. The van der Waals surface area contributed by atoms with Crippen LogP contribution in [0, 0.1) is 11.8 Å². The fraction of sp³-hybridized carbons (Fsp3) is 0.579. The van der Waals surface area contributed by atoms with Gasteiger partial charge in [-0.1, -0.05) is 44.2 Å². The Morgan fingerprint density at radius 3 is 2.19 bits per heavy atom. The summed E-state index contributed by atoms with van der Waals surface area (Å²) in [4.78, 5) is 24.6. The SMILES string of the molecule is CCC(CC)(CNC(=O)N1C[C@@H](C(F)(F)F)[C@H](C(=O)O)C1)c1ccccc1. The van der Waals surface area contributed by atoms with Crippen LogP contribution in [0.25, 0.3) is 0 Å². The summed E-state index contributed by atoms with van der Waals surface area (Å²) in [7, 11) is 0. The van der Waals surface area contributed by atoms with Gasteiger partial charge in [0.15, 0.2) is 0 Å². The molecule has 0 spiro atoms. The number of nitrogens with one attached hydrogen (secondary N) is 1. The van der Waals surface area contributed by atoms with E-state index in [2.05, 4.69) is 5.32 Å². The highest BCUT2D eigenvalue weighted by atomic mass is 19.4. The first-order valence-electron chi connectivity index (χ1n) is 9.02. The number of aliphatic carboxylic acids is 1. The van der Waals surface area contributed by atoms with E-state index in [0.29, 0.717) is 0 Å². The van der Waals surface area contributed by atoms with Gasteiger partial charge in [-0.2, -0.15) is 13.2 Å². The highest BCUT2D eigenvalue weighted by Crippen LogP contribution is 2.38. The zero-order valence-corrected chi connectivity index (χ0v) is 15.4. The van der Waals surface area contributed by atoms with E-state index in [1.165, 1.54) is 0 Å². The number of hydrogen-bond donors (Lipinski definition) is 2. The summed E-state index contributed by atoms with van der Waals surface area (Å²) in [5.41, 5.74) is 0.722. The largest absolute Gasteiger partial charge is 0.481 e. The average molecular weight is 386 g/mol. The molecule has 1 fully saturated rings.